The number of hydrogen-bond donors (Lipinski definition) is 3. The lowest BCUT2D eigenvalue weighted by molar-refractivity contribution is -0.123. The predicted octanol–water partition coefficient (Wildman–Crippen LogP) is 2.22. The van der Waals surface area contributed by atoms with Crippen molar-refractivity contribution in [2.75, 3.05) is 18.5 Å². The summed E-state index contributed by atoms with van der Waals surface area (Å²) in [7, 11) is 0. The number of carbonyl (C=O) groups excluding carboxylic acids is 2. The molecule has 1 aromatic carbocycles. The zero-order chi connectivity index (χ0) is 17.7. The average molecular weight is 333 g/mol. The van der Waals surface area contributed by atoms with Crippen LogP contribution in [-0.2, 0) is 9.59 Å². The van der Waals surface area contributed by atoms with Gasteiger partial charge in [0.25, 0.3) is 5.91 Å². The zero-order valence-electron chi connectivity index (χ0n) is 14.8. The molecule has 1 aromatic rings. The summed E-state index contributed by atoms with van der Waals surface area (Å²) in [5.74, 6) is 1.08. The van der Waals surface area contributed by atoms with Crippen LogP contribution in [-0.4, -0.2) is 31.0 Å². The summed E-state index contributed by atoms with van der Waals surface area (Å²) in [6.45, 7) is 8.85. The second-order valence-corrected chi connectivity index (χ2v) is 6.68. The van der Waals surface area contributed by atoms with Crippen molar-refractivity contribution in [3.8, 4) is 5.75 Å². The van der Waals surface area contributed by atoms with Gasteiger partial charge in [-0.25, -0.2) is 0 Å². The number of ether oxygens (including phenoxy) is 1. The number of fused-ring (bicyclic) bond motifs is 1. The minimum absolute atomic E-state index is 0.00269. The maximum Gasteiger partial charge on any atom is 0.262 e. The number of anilines is 1. The van der Waals surface area contributed by atoms with Crippen LogP contribution >= 0.6 is 0 Å². The Bertz CT molecular complexity index is 601. The van der Waals surface area contributed by atoms with E-state index in [1.54, 1.807) is 0 Å². The Morgan fingerprint density at radius 2 is 2.04 bits per heavy atom. The first-order valence-corrected chi connectivity index (χ1v) is 8.47. The van der Waals surface area contributed by atoms with E-state index in [2.05, 4.69) is 29.8 Å². The second-order valence-electron chi connectivity index (χ2n) is 6.68. The lowest BCUT2D eigenvalue weighted by atomic mass is 10.1. The van der Waals surface area contributed by atoms with Crippen molar-refractivity contribution in [3.63, 3.8) is 0 Å². The SMILES string of the molecule is CC(C)CCNC(=O)[C@H](C)N[C@@H](C)c1ccc2c(c1)NC(=O)CO2. The van der Waals surface area contributed by atoms with Gasteiger partial charge in [0.2, 0.25) is 5.91 Å². The molecule has 6 heteroatoms. The molecular formula is C18H27N3O3. The van der Waals surface area contributed by atoms with Crippen molar-refractivity contribution < 1.29 is 14.3 Å². The van der Waals surface area contributed by atoms with Crippen LogP contribution in [0.1, 0.15) is 45.7 Å². The molecule has 1 aliphatic heterocycles. The van der Waals surface area contributed by atoms with E-state index in [0.29, 0.717) is 23.9 Å². The molecule has 0 radical (unpaired) electrons. The summed E-state index contributed by atoms with van der Waals surface area (Å²) in [4.78, 5) is 23.5. The topological polar surface area (TPSA) is 79.5 Å². The summed E-state index contributed by atoms with van der Waals surface area (Å²) >= 11 is 0. The van der Waals surface area contributed by atoms with Gasteiger partial charge in [-0.1, -0.05) is 19.9 Å². The Labute approximate surface area is 143 Å². The van der Waals surface area contributed by atoms with Crippen molar-refractivity contribution in [2.45, 2.75) is 46.2 Å². The van der Waals surface area contributed by atoms with E-state index in [9.17, 15) is 9.59 Å². The Balaban J connectivity index is 1.92. The quantitative estimate of drug-likeness (QED) is 0.715. The summed E-state index contributed by atoms with van der Waals surface area (Å²) in [6.07, 6.45) is 0.971. The van der Waals surface area contributed by atoms with Crippen molar-refractivity contribution >= 4 is 17.5 Å². The average Bonchev–Trinajstić information content (AvgIpc) is 2.53. The zero-order valence-corrected chi connectivity index (χ0v) is 14.8. The summed E-state index contributed by atoms with van der Waals surface area (Å²) < 4.78 is 5.36. The second kappa shape index (κ2) is 8.15. The highest BCUT2D eigenvalue weighted by atomic mass is 16.5. The molecule has 1 aliphatic rings. The van der Waals surface area contributed by atoms with E-state index < -0.39 is 0 Å². The highest BCUT2D eigenvalue weighted by molar-refractivity contribution is 5.95. The van der Waals surface area contributed by atoms with Crippen molar-refractivity contribution in [2.24, 2.45) is 5.92 Å². The molecule has 0 spiro atoms. The Morgan fingerprint density at radius 3 is 2.75 bits per heavy atom. The highest BCUT2D eigenvalue weighted by Gasteiger charge is 2.20. The van der Waals surface area contributed by atoms with Gasteiger partial charge in [-0.05, 0) is 43.9 Å². The van der Waals surface area contributed by atoms with Gasteiger partial charge in [0.15, 0.2) is 6.61 Å². The third kappa shape index (κ3) is 4.96. The fourth-order valence-corrected chi connectivity index (χ4v) is 2.55. The molecule has 24 heavy (non-hydrogen) atoms. The van der Waals surface area contributed by atoms with Crippen LogP contribution in [0.15, 0.2) is 18.2 Å². The molecule has 0 saturated heterocycles. The van der Waals surface area contributed by atoms with Gasteiger partial charge in [-0.15, -0.1) is 0 Å². The van der Waals surface area contributed by atoms with Crippen molar-refractivity contribution in [1.29, 1.82) is 0 Å². The van der Waals surface area contributed by atoms with Gasteiger partial charge < -0.3 is 15.4 Å². The Morgan fingerprint density at radius 1 is 1.29 bits per heavy atom. The van der Waals surface area contributed by atoms with Crippen molar-refractivity contribution in [1.82, 2.24) is 10.6 Å². The minimum Gasteiger partial charge on any atom is -0.482 e. The van der Waals surface area contributed by atoms with Crippen LogP contribution in [0, 0.1) is 5.92 Å². The van der Waals surface area contributed by atoms with E-state index in [-0.39, 0.29) is 30.5 Å². The third-order valence-electron chi connectivity index (χ3n) is 4.05. The third-order valence-corrected chi connectivity index (χ3v) is 4.05. The van der Waals surface area contributed by atoms with Crippen LogP contribution in [0.2, 0.25) is 0 Å². The van der Waals surface area contributed by atoms with Crippen LogP contribution in [0.25, 0.3) is 0 Å². The standard InChI is InChI=1S/C18H27N3O3/c1-11(2)7-8-19-18(23)13(4)20-12(3)14-5-6-16-15(9-14)21-17(22)10-24-16/h5-6,9,11-13,20H,7-8,10H2,1-4H3,(H,19,23)(H,21,22)/t12-,13-/m0/s1. The molecule has 0 saturated carbocycles. The molecule has 2 rings (SSSR count). The first-order valence-electron chi connectivity index (χ1n) is 8.47. The normalized spacial score (nSPS) is 16.0. The smallest absolute Gasteiger partial charge is 0.262 e. The fourth-order valence-electron chi connectivity index (χ4n) is 2.55. The number of carbonyl (C=O) groups is 2. The molecular weight excluding hydrogens is 306 g/mol. The molecule has 6 nitrogen and oxygen atoms in total. The molecule has 0 aliphatic carbocycles. The summed E-state index contributed by atoms with van der Waals surface area (Å²) in [6, 6.07) is 5.34. The summed E-state index contributed by atoms with van der Waals surface area (Å²) in [5.41, 5.74) is 1.66. The lowest BCUT2D eigenvalue weighted by Crippen LogP contribution is -2.43. The van der Waals surface area contributed by atoms with Crippen LogP contribution in [0.5, 0.6) is 5.75 Å². The molecule has 0 unspecified atom stereocenters. The minimum atomic E-state index is -0.297. The molecule has 0 aromatic heterocycles. The maximum atomic E-state index is 12.1. The lowest BCUT2D eigenvalue weighted by Gasteiger charge is -2.23. The van der Waals surface area contributed by atoms with Crippen molar-refractivity contribution in [3.05, 3.63) is 23.8 Å². The largest absolute Gasteiger partial charge is 0.482 e. The monoisotopic (exact) mass is 333 g/mol. The van der Waals surface area contributed by atoms with E-state index in [0.717, 1.165) is 12.0 Å². The number of amides is 2. The molecule has 1 heterocycles. The van der Waals surface area contributed by atoms with Crippen LogP contribution < -0.4 is 20.7 Å². The van der Waals surface area contributed by atoms with Crippen LogP contribution in [0.3, 0.4) is 0 Å². The van der Waals surface area contributed by atoms with Gasteiger partial charge in [0.05, 0.1) is 11.7 Å². The number of nitrogens with one attached hydrogen (secondary N) is 3. The first kappa shape index (κ1) is 18.3. The Kier molecular flexibility index (Phi) is 6.20. The van der Waals surface area contributed by atoms with E-state index in [4.69, 9.17) is 4.74 Å². The number of rotatable bonds is 7. The molecule has 0 bridgehead atoms. The maximum absolute atomic E-state index is 12.1. The molecule has 2 amide bonds. The number of benzene rings is 1. The number of hydrogen-bond acceptors (Lipinski definition) is 4. The van der Waals surface area contributed by atoms with E-state index in [1.807, 2.05) is 32.0 Å². The molecule has 0 fully saturated rings. The van der Waals surface area contributed by atoms with E-state index in [1.165, 1.54) is 0 Å². The highest BCUT2D eigenvalue weighted by Crippen LogP contribution is 2.30. The van der Waals surface area contributed by atoms with E-state index >= 15 is 0 Å². The Hall–Kier alpha value is -2.08. The molecule has 132 valence electrons. The van der Waals surface area contributed by atoms with Gasteiger partial charge in [-0.3, -0.25) is 14.9 Å². The van der Waals surface area contributed by atoms with Gasteiger partial charge in [-0.2, -0.15) is 0 Å². The van der Waals surface area contributed by atoms with Gasteiger partial charge in [0.1, 0.15) is 5.75 Å². The first-order chi connectivity index (χ1) is 11.4. The summed E-state index contributed by atoms with van der Waals surface area (Å²) in [5, 5.41) is 9.03. The van der Waals surface area contributed by atoms with Crippen LogP contribution in [0.4, 0.5) is 5.69 Å². The predicted molar refractivity (Wildman–Crippen MR) is 94.0 cm³/mol. The molecule has 2 atom stereocenters. The molecule has 3 N–H and O–H groups in total. The fraction of sp³-hybridized carbons (Fsp3) is 0.556. The van der Waals surface area contributed by atoms with Gasteiger partial charge >= 0.3 is 0 Å². The van der Waals surface area contributed by atoms with Gasteiger partial charge in [0, 0.05) is 12.6 Å².